The number of fused-ring (bicyclic) bond motifs is 7. The minimum absolute atomic E-state index is 0.623. The van der Waals surface area contributed by atoms with E-state index in [0.29, 0.717) is 17.5 Å². The molecule has 0 unspecified atom stereocenters. The second-order valence-electron chi connectivity index (χ2n) is 15.8. The Balaban J connectivity index is 0.899. The van der Waals surface area contributed by atoms with Crippen molar-refractivity contribution in [2.75, 3.05) is 0 Å². The molecule has 4 nitrogen and oxygen atoms in total. The van der Waals surface area contributed by atoms with Gasteiger partial charge in [0.05, 0.1) is 11.2 Å². The fourth-order valence-corrected chi connectivity index (χ4v) is 9.99. The second-order valence-corrected chi connectivity index (χ2v) is 16.8. The highest BCUT2D eigenvalue weighted by Gasteiger charge is 2.19. The molecular formula is C58H36N4S. The third-order valence-corrected chi connectivity index (χ3v) is 13.2. The van der Waals surface area contributed by atoms with Crippen molar-refractivity contribution >= 4 is 53.2 Å². The van der Waals surface area contributed by atoms with E-state index in [1.165, 1.54) is 47.5 Å². The van der Waals surface area contributed by atoms with Crippen molar-refractivity contribution in [1.29, 1.82) is 0 Å². The van der Waals surface area contributed by atoms with Crippen LogP contribution in [-0.2, 0) is 0 Å². The van der Waals surface area contributed by atoms with Gasteiger partial charge >= 0.3 is 0 Å². The summed E-state index contributed by atoms with van der Waals surface area (Å²) in [6, 6.07) is 76.8. The molecule has 0 spiro atoms. The molecule has 0 amide bonds. The molecule has 3 heterocycles. The van der Waals surface area contributed by atoms with Crippen molar-refractivity contribution in [3.63, 3.8) is 0 Å². The summed E-state index contributed by atoms with van der Waals surface area (Å²) < 4.78 is 2.55. The van der Waals surface area contributed by atoms with E-state index in [1.807, 2.05) is 23.5 Å². The van der Waals surface area contributed by atoms with E-state index in [-0.39, 0.29) is 0 Å². The minimum atomic E-state index is 0.623. The van der Waals surface area contributed by atoms with Crippen molar-refractivity contribution in [3.8, 4) is 78.8 Å². The molecule has 12 aromatic rings. The number of pyridine rings is 1. The van der Waals surface area contributed by atoms with Gasteiger partial charge in [-0.3, -0.25) is 0 Å². The Hall–Kier alpha value is -8.12. The second kappa shape index (κ2) is 15.4. The fraction of sp³-hybridized carbons (Fsp3) is 0. The number of hydrogen-bond acceptors (Lipinski definition) is 5. The van der Waals surface area contributed by atoms with Crippen LogP contribution >= 0.6 is 11.3 Å². The molecule has 294 valence electrons. The van der Waals surface area contributed by atoms with Crippen LogP contribution in [0.5, 0.6) is 0 Å². The highest BCUT2D eigenvalue weighted by atomic mass is 32.1. The lowest BCUT2D eigenvalue weighted by Crippen LogP contribution is -2.00. The van der Waals surface area contributed by atoms with Crippen molar-refractivity contribution in [2.24, 2.45) is 0 Å². The summed E-state index contributed by atoms with van der Waals surface area (Å²) in [7, 11) is 0. The number of benzene rings is 9. The van der Waals surface area contributed by atoms with E-state index in [1.54, 1.807) is 0 Å². The smallest absolute Gasteiger partial charge is 0.164 e. The van der Waals surface area contributed by atoms with Crippen LogP contribution in [0.3, 0.4) is 0 Å². The summed E-state index contributed by atoms with van der Waals surface area (Å²) in [5, 5.41) is 6.15. The predicted molar refractivity (Wildman–Crippen MR) is 264 cm³/mol. The molecule has 0 atom stereocenters. The third-order valence-electron chi connectivity index (χ3n) is 12.0. The zero-order valence-corrected chi connectivity index (χ0v) is 34.8. The van der Waals surface area contributed by atoms with Gasteiger partial charge < -0.3 is 0 Å². The number of aromatic nitrogens is 4. The Morgan fingerprint density at radius 2 is 0.667 bits per heavy atom. The third kappa shape index (κ3) is 6.72. The highest BCUT2D eigenvalue weighted by Crippen LogP contribution is 2.45. The first-order chi connectivity index (χ1) is 31.2. The van der Waals surface area contributed by atoms with Crippen LogP contribution in [-0.4, -0.2) is 19.9 Å². The van der Waals surface area contributed by atoms with Gasteiger partial charge in [-0.1, -0.05) is 206 Å². The van der Waals surface area contributed by atoms with E-state index in [9.17, 15) is 0 Å². The van der Waals surface area contributed by atoms with Gasteiger partial charge in [0.25, 0.3) is 0 Å². The van der Waals surface area contributed by atoms with Gasteiger partial charge in [-0.05, 0) is 56.3 Å². The minimum Gasteiger partial charge on any atom is -0.247 e. The number of rotatable bonds is 7. The number of nitrogens with zero attached hydrogens (tertiary/aromatic N) is 4. The van der Waals surface area contributed by atoms with Gasteiger partial charge in [-0.2, -0.15) is 0 Å². The molecule has 0 radical (unpaired) electrons. The Morgan fingerprint density at radius 3 is 1.17 bits per heavy atom. The zero-order valence-electron chi connectivity index (χ0n) is 34.0. The quantitative estimate of drug-likeness (QED) is 0.150. The molecule has 63 heavy (non-hydrogen) atoms. The molecule has 0 aliphatic rings. The molecule has 0 saturated heterocycles. The first-order valence-electron chi connectivity index (χ1n) is 21.1. The normalized spacial score (nSPS) is 11.5. The van der Waals surface area contributed by atoms with Crippen molar-refractivity contribution in [3.05, 3.63) is 218 Å². The Kier molecular flexibility index (Phi) is 8.98. The van der Waals surface area contributed by atoms with Crippen LogP contribution in [0.1, 0.15) is 0 Å². The van der Waals surface area contributed by atoms with Crippen molar-refractivity contribution in [2.45, 2.75) is 0 Å². The molecule has 0 N–H and O–H groups in total. The summed E-state index contributed by atoms with van der Waals surface area (Å²) in [5.41, 5.74) is 12.8. The van der Waals surface area contributed by atoms with Gasteiger partial charge in [0.1, 0.15) is 0 Å². The maximum atomic E-state index is 5.38. The summed E-state index contributed by atoms with van der Waals surface area (Å²) in [4.78, 5) is 20.5. The monoisotopic (exact) mass is 820 g/mol. The molecular weight excluding hydrogens is 785 g/mol. The topological polar surface area (TPSA) is 51.6 Å². The maximum Gasteiger partial charge on any atom is 0.164 e. The van der Waals surface area contributed by atoms with Gasteiger partial charge in [0.2, 0.25) is 0 Å². The van der Waals surface area contributed by atoms with Crippen LogP contribution in [0.15, 0.2) is 218 Å². The van der Waals surface area contributed by atoms with E-state index in [4.69, 9.17) is 19.9 Å². The summed E-state index contributed by atoms with van der Waals surface area (Å²) in [5.74, 6) is 1.88. The largest absolute Gasteiger partial charge is 0.247 e. The van der Waals surface area contributed by atoms with E-state index in [0.717, 1.165) is 55.7 Å². The van der Waals surface area contributed by atoms with E-state index >= 15 is 0 Å². The molecule has 12 rings (SSSR count). The summed E-state index contributed by atoms with van der Waals surface area (Å²) >= 11 is 1.86. The Labute approximate surface area is 368 Å². The van der Waals surface area contributed by atoms with E-state index < -0.39 is 0 Å². The summed E-state index contributed by atoms with van der Waals surface area (Å²) in [6.07, 6.45) is 0. The molecule has 0 saturated carbocycles. The van der Waals surface area contributed by atoms with Crippen molar-refractivity contribution < 1.29 is 0 Å². The van der Waals surface area contributed by atoms with Gasteiger partial charge in [-0.25, -0.2) is 19.9 Å². The molecule has 0 aliphatic carbocycles. The van der Waals surface area contributed by atoms with Crippen molar-refractivity contribution in [1.82, 2.24) is 19.9 Å². The average molecular weight is 821 g/mol. The standard InChI is InChI=1S/C58H36N4S/c1-3-11-37(12-4-1)39-21-29-45(30-22-39)56-60-57(46-31-23-40(24-32-46)38-13-5-2-6-14-38)62-58(61-56)47-33-25-42(26-34-47)41-19-27-44(28-20-41)54-53-49-17-9-10-18-51(49)63-55(53)52-48-16-8-7-15-43(48)35-36-50(52)59-54/h1-36H. The lowest BCUT2D eigenvalue weighted by molar-refractivity contribution is 1.07. The SMILES string of the molecule is c1ccc(-c2ccc(-c3nc(-c4ccc(-c5ccccc5)cc4)nc(-c4ccc(-c5ccc(-c6nc7ccc8ccccc8c7c7sc8ccccc8c67)cc5)cc4)n3)cc2)cc1. The van der Waals surface area contributed by atoms with Crippen LogP contribution in [0.25, 0.3) is 121 Å². The molecule has 0 bridgehead atoms. The Bertz CT molecular complexity index is 3520. The molecule has 3 aromatic heterocycles. The number of thiophene rings is 1. The van der Waals surface area contributed by atoms with Gasteiger partial charge in [0, 0.05) is 47.8 Å². The molecule has 0 aliphatic heterocycles. The maximum absolute atomic E-state index is 5.38. The van der Waals surface area contributed by atoms with Crippen LogP contribution < -0.4 is 0 Å². The first kappa shape index (κ1) is 36.7. The lowest BCUT2D eigenvalue weighted by Gasteiger charge is -2.11. The average Bonchev–Trinajstić information content (AvgIpc) is 3.76. The highest BCUT2D eigenvalue weighted by molar-refractivity contribution is 7.27. The van der Waals surface area contributed by atoms with Gasteiger partial charge in [-0.15, -0.1) is 11.3 Å². The predicted octanol–water partition coefficient (Wildman–Crippen LogP) is 15.6. The zero-order chi connectivity index (χ0) is 41.7. The fourth-order valence-electron chi connectivity index (χ4n) is 8.71. The van der Waals surface area contributed by atoms with Crippen LogP contribution in [0, 0.1) is 0 Å². The van der Waals surface area contributed by atoms with E-state index in [2.05, 4.69) is 206 Å². The van der Waals surface area contributed by atoms with Crippen LogP contribution in [0.4, 0.5) is 0 Å². The molecule has 0 fully saturated rings. The first-order valence-corrected chi connectivity index (χ1v) is 21.9. The Morgan fingerprint density at radius 1 is 0.270 bits per heavy atom. The number of hydrogen-bond donors (Lipinski definition) is 0. The van der Waals surface area contributed by atoms with Crippen LogP contribution in [0.2, 0.25) is 0 Å². The summed E-state index contributed by atoms with van der Waals surface area (Å²) in [6.45, 7) is 0. The van der Waals surface area contributed by atoms with Gasteiger partial charge in [0.15, 0.2) is 17.5 Å². The molecule has 9 aromatic carbocycles. The lowest BCUT2D eigenvalue weighted by atomic mass is 9.97. The molecule has 5 heteroatoms.